The molecule has 1 aliphatic carbocycles. The van der Waals surface area contributed by atoms with E-state index >= 15 is 0 Å². The van der Waals surface area contributed by atoms with Gasteiger partial charge in [-0.15, -0.1) is 0 Å². The number of rotatable bonds is 5. The zero-order valence-corrected chi connectivity index (χ0v) is 17.3. The fourth-order valence-electron chi connectivity index (χ4n) is 3.79. The standard InChI is InChI=1S/C23H23F4N3O/c1-22(2,13-28)12-19(31)30-21-16(17-11-15(24)3-4-18(17)25)7-10-29-20(21)14-5-8-23(26,27)9-6-14/h3-4,7,10-11,14H,5-6,8-9,12H2,1-2H3,(H,30,31). The summed E-state index contributed by atoms with van der Waals surface area (Å²) in [5.74, 6) is -4.96. The second-order valence-corrected chi connectivity index (χ2v) is 8.59. The number of hydrogen-bond donors (Lipinski definition) is 1. The van der Waals surface area contributed by atoms with Crippen LogP contribution in [0.25, 0.3) is 11.1 Å². The molecule has 0 unspecified atom stereocenters. The number of aromatic nitrogens is 1. The molecule has 164 valence electrons. The fraction of sp³-hybridized carbons (Fsp3) is 0.435. The first-order chi connectivity index (χ1) is 14.5. The number of nitrogens with one attached hydrogen (secondary N) is 1. The molecule has 2 aromatic rings. The van der Waals surface area contributed by atoms with Gasteiger partial charge in [-0.2, -0.15) is 5.26 Å². The van der Waals surface area contributed by atoms with Crippen LogP contribution in [0.2, 0.25) is 0 Å². The van der Waals surface area contributed by atoms with Crippen LogP contribution in [0.4, 0.5) is 23.2 Å². The molecule has 1 saturated carbocycles. The molecule has 31 heavy (non-hydrogen) atoms. The average Bonchev–Trinajstić information content (AvgIpc) is 2.70. The van der Waals surface area contributed by atoms with E-state index in [1.807, 2.05) is 6.07 Å². The van der Waals surface area contributed by atoms with Gasteiger partial charge in [-0.25, -0.2) is 17.6 Å². The van der Waals surface area contributed by atoms with Crippen molar-refractivity contribution in [2.45, 2.75) is 57.8 Å². The van der Waals surface area contributed by atoms with Crippen molar-refractivity contribution in [2.24, 2.45) is 5.41 Å². The summed E-state index contributed by atoms with van der Waals surface area (Å²) in [5.41, 5.74) is -0.272. The number of anilines is 1. The number of amides is 1. The van der Waals surface area contributed by atoms with Crippen LogP contribution in [0.1, 0.15) is 57.6 Å². The van der Waals surface area contributed by atoms with Crippen molar-refractivity contribution in [3.63, 3.8) is 0 Å². The third kappa shape index (κ3) is 5.40. The summed E-state index contributed by atoms with van der Waals surface area (Å²) in [6.07, 6.45) is 0.949. The van der Waals surface area contributed by atoms with Crippen LogP contribution in [-0.4, -0.2) is 16.8 Å². The van der Waals surface area contributed by atoms with Crippen molar-refractivity contribution < 1.29 is 22.4 Å². The van der Waals surface area contributed by atoms with Gasteiger partial charge in [-0.3, -0.25) is 9.78 Å². The Morgan fingerprint density at radius 2 is 1.90 bits per heavy atom. The van der Waals surface area contributed by atoms with Crippen molar-refractivity contribution in [2.75, 3.05) is 5.32 Å². The Morgan fingerprint density at radius 1 is 1.23 bits per heavy atom. The molecule has 0 spiro atoms. The molecule has 4 nitrogen and oxygen atoms in total. The number of nitriles is 1. The highest BCUT2D eigenvalue weighted by molar-refractivity contribution is 5.97. The maximum atomic E-state index is 14.5. The van der Waals surface area contributed by atoms with Crippen LogP contribution >= 0.6 is 0 Å². The molecule has 1 heterocycles. The zero-order chi connectivity index (χ0) is 22.8. The van der Waals surface area contributed by atoms with E-state index in [2.05, 4.69) is 10.3 Å². The molecule has 1 aliphatic rings. The van der Waals surface area contributed by atoms with E-state index in [1.165, 1.54) is 12.3 Å². The summed E-state index contributed by atoms with van der Waals surface area (Å²) in [4.78, 5) is 17.0. The Kier molecular flexibility index (Phi) is 6.35. The minimum Gasteiger partial charge on any atom is -0.324 e. The average molecular weight is 433 g/mol. The number of nitrogens with zero attached hydrogens (tertiary/aromatic N) is 2. The van der Waals surface area contributed by atoms with Gasteiger partial charge in [0.15, 0.2) is 0 Å². The molecule has 1 amide bonds. The molecular formula is C23H23F4N3O. The maximum Gasteiger partial charge on any atom is 0.248 e. The summed E-state index contributed by atoms with van der Waals surface area (Å²) in [6, 6.07) is 6.47. The van der Waals surface area contributed by atoms with Gasteiger partial charge in [0.2, 0.25) is 11.8 Å². The topological polar surface area (TPSA) is 65.8 Å². The first kappa shape index (κ1) is 22.7. The number of benzene rings is 1. The van der Waals surface area contributed by atoms with Gasteiger partial charge in [-0.05, 0) is 51.0 Å². The first-order valence-corrected chi connectivity index (χ1v) is 10.0. The number of halogens is 4. The van der Waals surface area contributed by atoms with Gasteiger partial charge in [0.25, 0.3) is 0 Å². The highest BCUT2D eigenvalue weighted by Gasteiger charge is 2.37. The van der Waals surface area contributed by atoms with E-state index in [9.17, 15) is 27.6 Å². The van der Waals surface area contributed by atoms with Crippen molar-refractivity contribution >= 4 is 11.6 Å². The van der Waals surface area contributed by atoms with Gasteiger partial charge < -0.3 is 5.32 Å². The largest absolute Gasteiger partial charge is 0.324 e. The molecule has 0 atom stereocenters. The van der Waals surface area contributed by atoms with E-state index in [0.29, 0.717) is 5.69 Å². The predicted octanol–water partition coefficient (Wildman–Crippen LogP) is 6.20. The fourth-order valence-corrected chi connectivity index (χ4v) is 3.79. The summed E-state index contributed by atoms with van der Waals surface area (Å²) in [5, 5.41) is 11.9. The normalized spacial score (nSPS) is 16.5. The Bertz CT molecular complexity index is 1020. The Morgan fingerprint density at radius 3 is 2.55 bits per heavy atom. The van der Waals surface area contributed by atoms with Gasteiger partial charge in [0.1, 0.15) is 11.6 Å². The quantitative estimate of drug-likeness (QED) is 0.571. The van der Waals surface area contributed by atoms with Gasteiger partial charge in [-0.1, -0.05) is 0 Å². The van der Waals surface area contributed by atoms with E-state index in [4.69, 9.17) is 0 Å². The Balaban J connectivity index is 2.06. The molecule has 1 aromatic carbocycles. The highest BCUT2D eigenvalue weighted by atomic mass is 19.3. The third-order valence-corrected chi connectivity index (χ3v) is 5.47. The first-order valence-electron chi connectivity index (χ1n) is 10.0. The van der Waals surface area contributed by atoms with E-state index in [0.717, 1.165) is 18.2 Å². The molecule has 1 aromatic heterocycles. The van der Waals surface area contributed by atoms with Gasteiger partial charge in [0, 0.05) is 42.5 Å². The van der Waals surface area contributed by atoms with Crippen molar-refractivity contribution in [3.05, 3.63) is 47.8 Å². The number of hydrogen-bond acceptors (Lipinski definition) is 3. The maximum absolute atomic E-state index is 14.5. The molecule has 0 radical (unpaired) electrons. The van der Waals surface area contributed by atoms with Crippen molar-refractivity contribution in [1.29, 1.82) is 5.26 Å². The molecule has 0 saturated heterocycles. The van der Waals surface area contributed by atoms with Crippen LogP contribution in [-0.2, 0) is 4.79 Å². The van der Waals surface area contributed by atoms with Gasteiger partial charge >= 0.3 is 0 Å². The number of carbonyl (C=O) groups is 1. The monoisotopic (exact) mass is 433 g/mol. The number of pyridine rings is 1. The van der Waals surface area contributed by atoms with Crippen molar-refractivity contribution in [1.82, 2.24) is 4.98 Å². The molecule has 0 aliphatic heterocycles. The predicted molar refractivity (Wildman–Crippen MR) is 108 cm³/mol. The van der Waals surface area contributed by atoms with E-state index in [-0.39, 0.29) is 54.8 Å². The number of alkyl halides is 2. The number of carbonyl (C=O) groups excluding carboxylic acids is 1. The molecule has 8 heteroatoms. The molecule has 1 N–H and O–H groups in total. The Hall–Kier alpha value is -2.95. The lowest BCUT2D eigenvalue weighted by molar-refractivity contribution is -0.117. The smallest absolute Gasteiger partial charge is 0.248 e. The van der Waals surface area contributed by atoms with Crippen LogP contribution in [0.3, 0.4) is 0 Å². The van der Waals surface area contributed by atoms with Crippen LogP contribution in [0, 0.1) is 28.4 Å². The summed E-state index contributed by atoms with van der Waals surface area (Å²) in [7, 11) is 0. The minimum absolute atomic E-state index is 0.0698. The lowest BCUT2D eigenvalue weighted by atomic mass is 9.83. The van der Waals surface area contributed by atoms with E-state index < -0.39 is 28.9 Å². The van der Waals surface area contributed by atoms with Crippen molar-refractivity contribution in [3.8, 4) is 17.2 Å². The lowest BCUT2D eigenvalue weighted by Gasteiger charge is -2.29. The third-order valence-electron chi connectivity index (χ3n) is 5.47. The van der Waals surface area contributed by atoms with Crippen LogP contribution in [0.15, 0.2) is 30.5 Å². The molecule has 1 fully saturated rings. The molecule has 3 rings (SSSR count). The Labute approximate surface area is 178 Å². The summed E-state index contributed by atoms with van der Waals surface area (Å²) < 4.78 is 55.7. The van der Waals surface area contributed by atoms with Crippen LogP contribution < -0.4 is 5.32 Å². The minimum atomic E-state index is -2.75. The highest BCUT2D eigenvalue weighted by Crippen LogP contribution is 2.44. The summed E-state index contributed by atoms with van der Waals surface area (Å²) in [6.45, 7) is 3.21. The lowest BCUT2D eigenvalue weighted by Crippen LogP contribution is -2.26. The second kappa shape index (κ2) is 8.66. The second-order valence-electron chi connectivity index (χ2n) is 8.59. The van der Waals surface area contributed by atoms with E-state index in [1.54, 1.807) is 13.8 Å². The molecular weight excluding hydrogens is 410 g/mol. The zero-order valence-electron chi connectivity index (χ0n) is 17.3. The van der Waals surface area contributed by atoms with Gasteiger partial charge in [0.05, 0.1) is 22.9 Å². The molecule has 0 bridgehead atoms. The van der Waals surface area contributed by atoms with Crippen LogP contribution in [0.5, 0.6) is 0 Å². The summed E-state index contributed by atoms with van der Waals surface area (Å²) >= 11 is 0. The SMILES string of the molecule is CC(C)(C#N)CC(=O)Nc1c(-c2cc(F)ccc2F)ccnc1C1CCC(F)(F)CC1.